The van der Waals surface area contributed by atoms with Gasteiger partial charge in [0.05, 0.1) is 12.4 Å². The number of imide groups is 1. The van der Waals surface area contributed by atoms with Crippen molar-refractivity contribution in [3.05, 3.63) is 90.1 Å². The van der Waals surface area contributed by atoms with Crippen LogP contribution in [-0.4, -0.2) is 157 Å². The number of fused-ring (bicyclic) bond motifs is 1. The van der Waals surface area contributed by atoms with Crippen LogP contribution in [0.4, 0.5) is 4.79 Å². The summed E-state index contributed by atoms with van der Waals surface area (Å²) in [5.41, 5.74) is 13.7. The molecule has 2 aromatic carbocycles. The number of aromatic amines is 2. The van der Waals surface area contributed by atoms with E-state index in [9.17, 15) is 47.9 Å². The average Bonchev–Trinajstić information content (AvgIpc) is 4.18. The van der Waals surface area contributed by atoms with Crippen LogP contribution in [-0.2, 0) is 62.4 Å². The first-order valence-electron chi connectivity index (χ1n) is 27.3. The van der Waals surface area contributed by atoms with Gasteiger partial charge in [-0.05, 0) is 62.6 Å². The number of guanidine groups is 1. The van der Waals surface area contributed by atoms with Gasteiger partial charge in [-0.2, -0.15) is 0 Å². The molecule has 2 aliphatic heterocycles. The molecule has 442 valence electrons. The second kappa shape index (κ2) is 30.8. The fourth-order valence-electron chi connectivity index (χ4n) is 9.35. The van der Waals surface area contributed by atoms with Gasteiger partial charge in [-0.1, -0.05) is 104 Å². The van der Waals surface area contributed by atoms with Gasteiger partial charge in [-0.25, -0.2) is 14.7 Å². The van der Waals surface area contributed by atoms with Crippen molar-refractivity contribution < 1.29 is 47.9 Å². The summed E-state index contributed by atoms with van der Waals surface area (Å²) in [6.45, 7) is 8.39. The van der Waals surface area contributed by atoms with Crippen LogP contribution in [0, 0.1) is 5.92 Å². The van der Waals surface area contributed by atoms with E-state index in [0.717, 1.165) is 37.4 Å². The quantitative estimate of drug-likeness (QED) is 0.0204. The number of nitrogens with zero attached hydrogens (tertiary/aromatic N) is 3. The third kappa shape index (κ3) is 18.3. The van der Waals surface area contributed by atoms with E-state index in [2.05, 4.69) is 62.5 Å². The molecular weight excluding hydrogens is 1090 g/mol. The Hall–Kier alpha value is -7.94. The first kappa shape index (κ1) is 63.2. The van der Waals surface area contributed by atoms with Gasteiger partial charge in [0.15, 0.2) is 11.7 Å². The zero-order valence-corrected chi connectivity index (χ0v) is 48.2. The summed E-state index contributed by atoms with van der Waals surface area (Å²) in [5, 5.41) is 22.7. The third-order valence-corrected chi connectivity index (χ3v) is 16.2. The highest BCUT2D eigenvalue weighted by Crippen LogP contribution is 2.26. The topological polar surface area (TPSA) is 379 Å². The number of aromatic nitrogens is 3. The number of nitrogens with two attached hydrogens (primary N) is 2. The molecule has 6 rings (SSSR count). The zero-order valence-electron chi connectivity index (χ0n) is 46.6. The molecule has 4 heterocycles. The van der Waals surface area contributed by atoms with Gasteiger partial charge in [-0.3, -0.25) is 48.1 Å². The normalized spacial score (nSPS) is 23.4. The Labute approximate surface area is 483 Å². The van der Waals surface area contributed by atoms with Gasteiger partial charge in [0.1, 0.15) is 48.3 Å². The maximum atomic E-state index is 14.7. The van der Waals surface area contributed by atoms with Crippen molar-refractivity contribution in [3.63, 3.8) is 0 Å². The first-order valence-corrected chi connectivity index (χ1v) is 29.8. The van der Waals surface area contributed by atoms with Crippen molar-refractivity contribution >= 4 is 97.5 Å². The number of unbranched alkanes of at least 4 members (excludes halogenated alkanes) is 1. The number of ketones is 1. The van der Waals surface area contributed by atoms with Crippen molar-refractivity contribution in [1.82, 2.24) is 62.4 Å². The zero-order chi connectivity index (χ0) is 59.5. The summed E-state index contributed by atoms with van der Waals surface area (Å²) in [7, 11) is 2.14. The lowest BCUT2D eigenvalue weighted by Crippen LogP contribution is -2.61. The van der Waals surface area contributed by atoms with E-state index in [-0.39, 0.29) is 68.5 Å². The van der Waals surface area contributed by atoms with E-state index in [4.69, 9.17) is 11.5 Å². The fourth-order valence-corrected chi connectivity index (χ4v) is 11.8. The third-order valence-electron chi connectivity index (χ3n) is 13.8. The van der Waals surface area contributed by atoms with Gasteiger partial charge in [0.2, 0.25) is 41.4 Å². The lowest BCUT2D eigenvalue weighted by molar-refractivity contribution is -0.138. The predicted octanol–water partition coefficient (Wildman–Crippen LogP) is 0.895. The van der Waals surface area contributed by atoms with Crippen LogP contribution in [0.1, 0.15) is 90.0 Å². The minimum absolute atomic E-state index is 0.0399. The summed E-state index contributed by atoms with van der Waals surface area (Å²) in [6.07, 6.45) is 5.80. The molecule has 2 saturated heterocycles. The van der Waals surface area contributed by atoms with E-state index in [0.29, 0.717) is 36.1 Å². The van der Waals surface area contributed by atoms with E-state index >= 15 is 0 Å². The van der Waals surface area contributed by atoms with E-state index in [1.165, 1.54) is 26.4 Å². The highest BCUT2D eigenvalue weighted by molar-refractivity contribution is 8.76. The monoisotopic (exact) mass is 1170 g/mol. The molecule has 27 heteroatoms. The van der Waals surface area contributed by atoms with E-state index < -0.39 is 113 Å². The maximum Gasteiger partial charge on any atom is 0.325 e. The molecule has 0 saturated carbocycles. The van der Waals surface area contributed by atoms with Crippen molar-refractivity contribution in [1.29, 1.82) is 0 Å². The van der Waals surface area contributed by atoms with Gasteiger partial charge in [0, 0.05) is 66.3 Å². The maximum absolute atomic E-state index is 14.7. The van der Waals surface area contributed by atoms with Crippen LogP contribution >= 0.6 is 21.6 Å². The molecule has 4 aromatic rings. The summed E-state index contributed by atoms with van der Waals surface area (Å²) in [4.78, 5) is 157. The Morgan fingerprint density at radius 1 is 0.732 bits per heavy atom. The van der Waals surface area contributed by atoms with Crippen LogP contribution in [0.2, 0.25) is 0 Å². The van der Waals surface area contributed by atoms with Crippen molar-refractivity contribution in [2.24, 2.45) is 22.4 Å². The lowest BCUT2D eigenvalue weighted by Gasteiger charge is -2.28. The number of aliphatic imine (C=N–C) groups is 1. The first-order chi connectivity index (χ1) is 39.2. The minimum Gasteiger partial charge on any atom is -0.370 e. The smallest absolute Gasteiger partial charge is 0.325 e. The SMILES string of the molecule is CCCC[C@@H](C(=O)N[C@H]1CSSC[C@@H](C(C)=O)NC(=O)[C@H](Cc2c[nH]c3ccccc23)NC(=O)[C@H](CCCN=C(N)N)NC(=O)[C@@H](Cc2ccccc2)NC(=O)[C@H](Cc2cnc[nH]2)NC(=O)[C@@H](C)NC1=O)N1C(=O)N[C@@H](CC(C)C)C1=O. The summed E-state index contributed by atoms with van der Waals surface area (Å²) < 4.78 is 0. The number of carbonyl (C=O) groups excluding carboxylic acids is 10. The molecule has 0 aliphatic carbocycles. The molecular formula is C55H75N15O10S2. The highest BCUT2D eigenvalue weighted by atomic mass is 33.1. The van der Waals surface area contributed by atoms with Crippen molar-refractivity contribution in [3.8, 4) is 0 Å². The molecule has 0 bridgehead atoms. The Balaban J connectivity index is 1.38. The fraction of sp³-hybridized carbons (Fsp3) is 0.491. The molecule has 25 nitrogen and oxygen atoms in total. The lowest BCUT2D eigenvalue weighted by atomic mass is 10.0. The van der Waals surface area contributed by atoms with Crippen LogP contribution in [0.15, 0.2) is 78.3 Å². The van der Waals surface area contributed by atoms with Crippen LogP contribution in [0.25, 0.3) is 10.9 Å². The molecule has 0 spiro atoms. The number of rotatable bonds is 19. The standard InChI is InChI=1S/C55H75N15O10S2/c1-6-7-19-45(70-53(79)42(21-30(2)3)69-55(70)80)52(78)68-44-28-82-81-27-43(32(5)71)67-49(75)40(23-34-25-60-37-17-12-11-16-36(34)37)66-47(73)38(18-13-20-59-54(56)57)63-48(74)39(22-33-14-9-8-10-15-33)65-50(76)41(24-35-26-58-29-61-35)64-46(72)31(4)62-51(44)77/h8-12,14-17,25-26,29-31,38-45,60H,6-7,13,18-24,27-28H2,1-5H3,(H,58,61)(H,62,77)(H,63,74)(H,64,72)(H,65,76)(H,66,73)(H,67,75)(H,68,78)(H,69,80)(H4,56,57,59)/t31-,38+,39-,40+,41+,42+,43+,44+,45+/m1/s1. The second-order valence-electron chi connectivity index (χ2n) is 20.8. The van der Waals surface area contributed by atoms with Gasteiger partial charge >= 0.3 is 6.03 Å². The van der Waals surface area contributed by atoms with Gasteiger partial charge in [0.25, 0.3) is 5.91 Å². The number of amides is 10. The van der Waals surface area contributed by atoms with Crippen molar-refractivity contribution in [2.45, 2.75) is 147 Å². The van der Waals surface area contributed by atoms with E-state index in [1.54, 1.807) is 36.5 Å². The second-order valence-corrected chi connectivity index (χ2v) is 23.3. The molecule has 0 unspecified atom stereocenters. The Kier molecular flexibility index (Phi) is 23.7. The van der Waals surface area contributed by atoms with Crippen molar-refractivity contribution in [2.75, 3.05) is 18.1 Å². The number of para-hydroxylation sites is 1. The molecule has 9 atom stereocenters. The van der Waals surface area contributed by atoms with Gasteiger partial charge in [-0.15, -0.1) is 0 Å². The molecule has 2 aromatic heterocycles. The minimum atomic E-state index is -1.42. The number of urea groups is 1. The van der Waals surface area contributed by atoms with Crippen LogP contribution in [0.5, 0.6) is 0 Å². The number of Topliss-reactive ketones (excluding diaryl/α,β-unsaturated/α-hetero) is 1. The molecule has 0 radical (unpaired) electrons. The summed E-state index contributed by atoms with van der Waals surface area (Å²) >= 11 is 0. The van der Waals surface area contributed by atoms with Crippen LogP contribution < -0.4 is 54.0 Å². The molecule has 82 heavy (non-hydrogen) atoms. The average molecular weight is 1170 g/mol. The molecule has 14 N–H and O–H groups in total. The number of benzene rings is 2. The number of imidazole rings is 1. The summed E-state index contributed by atoms with van der Waals surface area (Å²) in [6, 6.07) is 3.77. The predicted molar refractivity (Wildman–Crippen MR) is 311 cm³/mol. The molecule has 2 fully saturated rings. The number of carbonyl (C=O) groups is 10. The Bertz CT molecular complexity index is 2920. The van der Waals surface area contributed by atoms with Gasteiger partial charge < -0.3 is 64.0 Å². The Morgan fingerprint density at radius 3 is 2.04 bits per heavy atom. The largest absolute Gasteiger partial charge is 0.370 e. The Morgan fingerprint density at radius 2 is 1.37 bits per heavy atom. The van der Waals surface area contributed by atoms with Crippen LogP contribution in [0.3, 0.4) is 0 Å². The highest BCUT2D eigenvalue weighted by Gasteiger charge is 2.45. The number of nitrogens with one attached hydrogen (secondary N) is 10. The molecule has 2 aliphatic rings. The van der Waals surface area contributed by atoms with E-state index in [1.807, 2.05) is 45.0 Å². The molecule has 10 amide bonds. The number of hydrogen-bond acceptors (Lipinski definition) is 14. The number of H-pyrrole nitrogens is 2. The number of hydrogen-bond donors (Lipinski definition) is 12. The summed E-state index contributed by atoms with van der Waals surface area (Å²) in [5.74, 6) is -7.07.